The topological polar surface area (TPSA) is 75.3 Å². The molecule has 136 valence electrons. The largest absolute Gasteiger partial charge is 0.360 e. The van der Waals surface area contributed by atoms with Crippen LogP contribution in [-0.2, 0) is 14.8 Å². The summed E-state index contributed by atoms with van der Waals surface area (Å²) in [5.74, 6) is 0.154. The minimum absolute atomic E-state index is 0.154. The van der Waals surface area contributed by atoms with Crippen LogP contribution in [0.25, 0.3) is 0 Å². The van der Waals surface area contributed by atoms with Gasteiger partial charge in [0.1, 0.15) is 0 Å². The summed E-state index contributed by atoms with van der Waals surface area (Å²) in [5, 5.41) is 3.09. The van der Waals surface area contributed by atoms with Gasteiger partial charge in [-0.3, -0.25) is 9.52 Å². The second kappa shape index (κ2) is 7.74. The van der Waals surface area contributed by atoms with Crippen molar-refractivity contribution in [3.8, 4) is 0 Å². The van der Waals surface area contributed by atoms with Crippen molar-refractivity contribution in [2.75, 3.05) is 10.0 Å². The number of sulfonamides is 1. The lowest BCUT2D eigenvalue weighted by Gasteiger charge is -2.15. The number of carbonyl (C=O) groups is 1. The fraction of sp³-hybridized carbons (Fsp3) is 0.250. The van der Waals surface area contributed by atoms with Crippen LogP contribution < -0.4 is 10.0 Å². The fourth-order valence-corrected chi connectivity index (χ4v) is 3.92. The van der Waals surface area contributed by atoms with Gasteiger partial charge in [0.15, 0.2) is 5.78 Å². The Morgan fingerprint density at radius 3 is 2.27 bits per heavy atom. The van der Waals surface area contributed by atoms with Gasteiger partial charge < -0.3 is 5.32 Å². The zero-order valence-electron chi connectivity index (χ0n) is 14.7. The van der Waals surface area contributed by atoms with E-state index in [2.05, 4.69) is 10.0 Å². The van der Waals surface area contributed by atoms with Crippen molar-refractivity contribution < 1.29 is 13.2 Å². The Hall–Kier alpha value is -2.60. The first kappa shape index (κ1) is 18.2. The second-order valence-corrected chi connectivity index (χ2v) is 8.09. The number of rotatable bonds is 5. The van der Waals surface area contributed by atoms with Crippen molar-refractivity contribution in [3.05, 3.63) is 65.9 Å². The molecule has 6 heteroatoms. The quantitative estimate of drug-likeness (QED) is 0.772. The highest BCUT2D eigenvalue weighted by atomic mass is 32.2. The first-order chi connectivity index (χ1) is 12.5. The molecule has 0 radical (unpaired) electrons. The summed E-state index contributed by atoms with van der Waals surface area (Å²) in [5.41, 5.74) is 2.80. The lowest BCUT2D eigenvalue weighted by molar-refractivity contribution is -0.116. The minimum atomic E-state index is -3.68. The van der Waals surface area contributed by atoms with Gasteiger partial charge in [-0.25, -0.2) is 8.42 Å². The standard InChI is InChI=1S/C20H22N2O3S/c1-15-10-12-17(13-11-15)26(24,25)22-19-8-4-3-7-18(19)21-14-16-6-2-5-9-20(16)23/h3-4,7-8,10-14,21-22H,2,5-6,9H2,1H3/b16-14+. The molecule has 0 spiro atoms. The SMILES string of the molecule is Cc1ccc(S(=O)(=O)Nc2ccccc2N/C=C2\CCCCC2=O)cc1. The van der Waals surface area contributed by atoms with Crippen LogP contribution in [0.1, 0.15) is 31.2 Å². The number of hydrogen-bond donors (Lipinski definition) is 2. The Bertz CT molecular complexity index is 932. The Morgan fingerprint density at radius 2 is 1.58 bits per heavy atom. The van der Waals surface area contributed by atoms with Crippen LogP contribution in [0.3, 0.4) is 0 Å². The number of nitrogens with one attached hydrogen (secondary N) is 2. The van der Waals surface area contributed by atoms with Gasteiger partial charge in [0.05, 0.1) is 16.3 Å². The number of carbonyl (C=O) groups excluding carboxylic acids is 1. The van der Waals surface area contributed by atoms with Crippen LogP contribution in [-0.4, -0.2) is 14.2 Å². The Morgan fingerprint density at radius 1 is 0.923 bits per heavy atom. The molecule has 26 heavy (non-hydrogen) atoms. The summed E-state index contributed by atoms with van der Waals surface area (Å²) < 4.78 is 27.8. The predicted molar refractivity (Wildman–Crippen MR) is 104 cm³/mol. The molecule has 0 bridgehead atoms. The number of aryl methyl sites for hydroxylation is 1. The first-order valence-corrected chi connectivity index (χ1v) is 10.1. The Balaban J connectivity index is 1.82. The molecular formula is C20H22N2O3S. The zero-order chi connectivity index (χ0) is 18.6. The predicted octanol–water partition coefficient (Wildman–Crippen LogP) is 4.23. The van der Waals surface area contributed by atoms with E-state index in [9.17, 15) is 13.2 Å². The number of benzene rings is 2. The number of ketones is 1. The normalized spacial score (nSPS) is 16.5. The van der Waals surface area contributed by atoms with Crippen molar-refractivity contribution in [1.29, 1.82) is 0 Å². The monoisotopic (exact) mass is 370 g/mol. The highest BCUT2D eigenvalue weighted by Gasteiger charge is 2.17. The Labute approximate surface area is 154 Å². The maximum Gasteiger partial charge on any atom is 0.261 e. The summed E-state index contributed by atoms with van der Waals surface area (Å²) in [6.07, 6.45) is 4.96. The van der Waals surface area contributed by atoms with Gasteiger partial charge in [-0.15, -0.1) is 0 Å². The van der Waals surface area contributed by atoms with Crippen molar-refractivity contribution in [2.24, 2.45) is 0 Å². The van der Waals surface area contributed by atoms with E-state index < -0.39 is 10.0 Å². The molecule has 3 rings (SSSR count). The molecule has 1 aliphatic rings. The lowest BCUT2D eigenvalue weighted by Crippen LogP contribution is -2.14. The molecule has 0 aliphatic heterocycles. The van der Waals surface area contributed by atoms with Gasteiger partial charge in [-0.05, 0) is 50.5 Å². The highest BCUT2D eigenvalue weighted by Crippen LogP contribution is 2.26. The summed E-state index contributed by atoms with van der Waals surface area (Å²) in [6, 6.07) is 13.7. The average molecular weight is 370 g/mol. The molecule has 0 unspecified atom stereocenters. The van der Waals surface area contributed by atoms with Gasteiger partial charge in [0.2, 0.25) is 0 Å². The van der Waals surface area contributed by atoms with Crippen LogP contribution in [0.4, 0.5) is 11.4 Å². The molecular weight excluding hydrogens is 348 g/mol. The molecule has 5 nitrogen and oxygen atoms in total. The van der Waals surface area contributed by atoms with Gasteiger partial charge in [0.25, 0.3) is 10.0 Å². The third-order valence-corrected chi connectivity index (χ3v) is 5.74. The number of anilines is 2. The summed E-state index contributed by atoms with van der Waals surface area (Å²) in [7, 11) is -3.68. The van der Waals surface area contributed by atoms with E-state index in [-0.39, 0.29) is 10.7 Å². The maximum absolute atomic E-state index is 12.6. The summed E-state index contributed by atoms with van der Waals surface area (Å²) in [6.45, 7) is 1.91. The molecule has 0 saturated heterocycles. The third-order valence-electron chi connectivity index (χ3n) is 4.36. The van der Waals surface area contributed by atoms with Crippen molar-refractivity contribution in [3.63, 3.8) is 0 Å². The number of allylic oxidation sites excluding steroid dienone is 1. The minimum Gasteiger partial charge on any atom is -0.360 e. The number of para-hydroxylation sites is 2. The molecule has 0 heterocycles. The van der Waals surface area contributed by atoms with E-state index in [0.717, 1.165) is 30.4 Å². The van der Waals surface area contributed by atoms with Gasteiger partial charge in [-0.2, -0.15) is 0 Å². The molecule has 1 aliphatic carbocycles. The molecule has 0 aromatic heterocycles. The Kier molecular flexibility index (Phi) is 5.42. The number of hydrogen-bond acceptors (Lipinski definition) is 4. The molecule has 1 fully saturated rings. The van der Waals surface area contributed by atoms with Crippen LogP contribution in [0.5, 0.6) is 0 Å². The third kappa shape index (κ3) is 4.32. The van der Waals surface area contributed by atoms with E-state index in [1.54, 1.807) is 48.7 Å². The van der Waals surface area contributed by atoms with Crippen LogP contribution >= 0.6 is 0 Å². The molecule has 2 aromatic carbocycles. The van der Waals surface area contributed by atoms with E-state index in [4.69, 9.17) is 0 Å². The molecule has 2 N–H and O–H groups in total. The number of Topliss-reactive ketones (excluding diaryl/α,β-unsaturated/α-hetero) is 1. The van der Waals surface area contributed by atoms with E-state index in [0.29, 0.717) is 17.8 Å². The second-order valence-electron chi connectivity index (χ2n) is 6.41. The van der Waals surface area contributed by atoms with E-state index >= 15 is 0 Å². The summed E-state index contributed by atoms with van der Waals surface area (Å²) >= 11 is 0. The fourth-order valence-electron chi connectivity index (χ4n) is 2.84. The molecule has 0 amide bonds. The lowest BCUT2D eigenvalue weighted by atomic mass is 9.94. The highest BCUT2D eigenvalue weighted by molar-refractivity contribution is 7.92. The maximum atomic E-state index is 12.6. The smallest absolute Gasteiger partial charge is 0.261 e. The van der Waals surface area contributed by atoms with Crippen molar-refractivity contribution >= 4 is 27.2 Å². The summed E-state index contributed by atoms with van der Waals surface area (Å²) in [4.78, 5) is 12.1. The zero-order valence-corrected chi connectivity index (χ0v) is 15.5. The first-order valence-electron chi connectivity index (χ1n) is 8.63. The average Bonchev–Trinajstić information content (AvgIpc) is 2.62. The van der Waals surface area contributed by atoms with Gasteiger partial charge >= 0.3 is 0 Å². The molecule has 2 aromatic rings. The van der Waals surface area contributed by atoms with Crippen LogP contribution in [0.2, 0.25) is 0 Å². The van der Waals surface area contributed by atoms with E-state index in [1.807, 2.05) is 13.0 Å². The van der Waals surface area contributed by atoms with Crippen molar-refractivity contribution in [2.45, 2.75) is 37.5 Å². The van der Waals surface area contributed by atoms with Crippen molar-refractivity contribution in [1.82, 2.24) is 0 Å². The molecule has 0 atom stereocenters. The van der Waals surface area contributed by atoms with E-state index in [1.165, 1.54) is 0 Å². The van der Waals surface area contributed by atoms with Crippen LogP contribution in [0.15, 0.2) is 65.2 Å². The van der Waals surface area contributed by atoms with Gasteiger partial charge in [0, 0.05) is 18.2 Å². The van der Waals surface area contributed by atoms with Gasteiger partial charge in [-0.1, -0.05) is 29.8 Å². The molecule has 1 saturated carbocycles. The van der Waals surface area contributed by atoms with Crippen LogP contribution in [0, 0.1) is 6.92 Å².